The van der Waals surface area contributed by atoms with Crippen molar-refractivity contribution in [2.45, 2.75) is 38.5 Å². The van der Waals surface area contributed by atoms with Crippen LogP contribution in [-0.2, 0) is 11.3 Å². The van der Waals surface area contributed by atoms with Crippen LogP contribution in [0.15, 0.2) is 30.5 Å². The summed E-state index contributed by atoms with van der Waals surface area (Å²) in [4.78, 5) is 23.9. The van der Waals surface area contributed by atoms with Crippen LogP contribution in [0.2, 0.25) is 0 Å². The third-order valence-corrected chi connectivity index (χ3v) is 6.34. The van der Waals surface area contributed by atoms with Gasteiger partial charge >= 0.3 is 0 Å². The van der Waals surface area contributed by atoms with E-state index in [2.05, 4.69) is 47.9 Å². The summed E-state index contributed by atoms with van der Waals surface area (Å²) in [5, 5.41) is 2.73. The molecule has 2 unspecified atom stereocenters. The van der Waals surface area contributed by atoms with E-state index >= 15 is 0 Å². The van der Waals surface area contributed by atoms with Gasteiger partial charge < -0.3 is 4.57 Å². The van der Waals surface area contributed by atoms with Gasteiger partial charge in [-0.05, 0) is 23.6 Å². The van der Waals surface area contributed by atoms with Crippen molar-refractivity contribution in [2.24, 2.45) is 5.92 Å². The number of hydrogen-bond donors (Lipinski definition) is 1. The number of carbonyl (C=O) groups is 2. The highest BCUT2D eigenvalue weighted by Gasteiger charge is 2.36. The molecule has 1 aromatic carbocycles. The molecule has 0 radical (unpaired) electrons. The van der Waals surface area contributed by atoms with Crippen LogP contribution in [0, 0.1) is 5.92 Å². The first kappa shape index (κ1) is 16.0. The van der Waals surface area contributed by atoms with Crippen LogP contribution in [-0.4, -0.2) is 21.6 Å². The minimum atomic E-state index is -0.856. The van der Waals surface area contributed by atoms with Crippen LogP contribution in [0.1, 0.15) is 37.5 Å². The molecule has 122 valence electrons. The number of hydrogen-bond acceptors (Lipinski definition) is 2. The maximum atomic E-state index is 12.1. The Labute approximate surface area is 138 Å². The topological polar surface area (TPSA) is 51.1 Å². The zero-order chi connectivity index (χ0) is 16.6. The fourth-order valence-electron chi connectivity index (χ4n) is 3.22. The lowest BCUT2D eigenvalue weighted by Gasteiger charge is -2.15. The van der Waals surface area contributed by atoms with E-state index in [9.17, 15) is 9.59 Å². The van der Waals surface area contributed by atoms with Gasteiger partial charge in [0, 0.05) is 23.6 Å². The molecule has 4 nitrogen and oxygen atoms in total. The van der Waals surface area contributed by atoms with Crippen LogP contribution in [0.3, 0.4) is 0 Å². The Hall–Kier alpha value is -1.88. The minimum Gasteiger partial charge on any atom is -0.347 e. The van der Waals surface area contributed by atoms with E-state index in [1.54, 1.807) is 0 Å². The molecular formula is C18H22N2O2S. The normalized spacial score (nSPS) is 21.3. The predicted molar refractivity (Wildman–Crippen MR) is 97.0 cm³/mol. The lowest BCUT2D eigenvalue weighted by atomic mass is 10.0. The van der Waals surface area contributed by atoms with E-state index in [-0.39, 0.29) is 11.1 Å². The molecule has 1 aliphatic heterocycles. The van der Waals surface area contributed by atoms with Crippen molar-refractivity contribution >= 4 is 38.4 Å². The molecule has 0 spiro atoms. The first-order valence-corrected chi connectivity index (χ1v) is 9.47. The van der Waals surface area contributed by atoms with Crippen LogP contribution in [0.25, 0.3) is 10.9 Å². The van der Waals surface area contributed by atoms with Gasteiger partial charge in [0.2, 0.25) is 5.91 Å². The minimum absolute atomic E-state index is 0.228. The molecule has 1 aliphatic rings. The zero-order valence-electron chi connectivity index (χ0n) is 13.5. The summed E-state index contributed by atoms with van der Waals surface area (Å²) in [7, 11) is -0.856. The van der Waals surface area contributed by atoms with E-state index in [0.29, 0.717) is 5.92 Å². The molecule has 0 aliphatic carbocycles. The average molecular weight is 330 g/mol. The van der Waals surface area contributed by atoms with Crippen molar-refractivity contribution in [3.05, 3.63) is 36.0 Å². The Morgan fingerprint density at radius 1 is 1.26 bits per heavy atom. The zero-order valence-corrected chi connectivity index (χ0v) is 14.4. The smallest absolute Gasteiger partial charge is 0.280 e. The molecule has 2 heterocycles. The Morgan fingerprint density at radius 2 is 2.00 bits per heavy atom. The van der Waals surface area contributed by atoms with Crippen molar-refractivity contribution in [2.75, 3.05) is 0 Å². The van der Waals surface area contributed by atoms with Crippen LogP contribution in [0.4, 0.5) is 4.79 Å². The molecule has 1 fully saturated rings. The molecule has 2 atom stereocenters. The van der Waals surface area contributed by atoms with Gasteiger partial charge in [-0.15, -0.1) is 0 Å². The van der Waals surface area contributed by atoms with Gasteiger partial charge in [0.15, 0.2) is 0 Å². The van der Waals surface area contributed by atoms with Gasteiger partial charge in [-0.3, -0.25) is 14.9 Å². The second kappa shape index (κ2) is 6.32. The van der Waals surface area contributed by atoms with Gasteiger partial charge in [-0.25, -0.2) is 0 Å². The number of carbonyl (C=O) groups excluding carboxylic acids is 2. The average Bonchev–Trinajstić information content (AvgIpc) is 3.06. The third-order valence-electron chi connectivity index (χ3n) is 4.73. The molecule has 1 N–H and O–H groups in total. The van der Waals surface area contributed by atoms with Crippen molar-refractivity contribution in [1.29, 1.82) is 0 Å². The number of nitrogens with zero attached hydrogens (tertiary/aromatic N) is 1. The second-order valence-corrected chi connectivity index (χ2v) is 7.72. The Kier molecular flexibility index (Phi) is 4.39. The molecule has 0 saturated carbocycles. The van der Waals surface area contributed by atoms with Crippen molar-refractivity contribution in [3.63, 3.8) is 0 Å². The highest BCUT2D eigenvalue weighted by Crippen LogP contribution is 2.42. The molecule has 1 saturated heterocycles. The summed E-state index contributed by atoms with van der Waals surface area (Å²) < 4.78 is 2.26. The summed E-state index contributed by atoms with van der Waals surface area (Å²) in [5.74, 6) is 4.32. The number of rotatable bonds is 5. The maximum absolute atomic E-state index is 12.1. The number of imide groups is 1. The molecule has 1 aromatic heterocycles. The Balaban J connectivity index is 2.04. The van der Waals surface area contributed by atoms with Gasteiger partial charge in [0.25, 0.3) is 5.24 Å². The van der Waals surface area contributed by atoms with Gasteiger partial charge in [0.05, 0.1) is 0 Å². The van der Waals surface area contributed by atoms with E-state index in [4.69, 9.17) is 0 Å². The summed E-state index contributed by atoms with van der Waals surface area (Å²) in [5.41, 5.74) is 2.03. The standard InChI is InChI=1S/C18H22N2O2S/c1-4-12(5-2)11-20-10-9-13-14(7-6-8-15(13)20)16-17(21)19-18(22)23(16)3/h6-10,12,16H,3-5,11H2,1-2H3,(H,19,21,22). The molecule has 2 aromatic rings. The quantitative estimate of drug-likeness (QED) is 0.840. The molecular weight excluding hydrogens is 308 g/mol. The predicted octanol–water partition coefficient (Wildman–Crippen LogP) is 4.07. The van der Waals surface area contributed by atoms with Crippen molar-refractivity contribution < 1.29 is 9.59 Å². The first-order chi connectivity index (χ1) is 11.1. The molecule has 5 heteroatoms. The summed E-state index contributed by atoms with van der Waals surface area (Å²) in [6.07, 6.45) is 4.39. The molecule has 3 rings (SSSR count). The number of amides is 2. The highest BCUT2D eigenvalue weighted by atomic mass is 32.2. The van der Waals surface area contributed by atoms with Gasteiger partial charge in [-0.2, -0.15) is 0 Å². The Bertz CT molecular complexity index is 789. The van der Waals surface area contributed by atoms with Crippen LogP contribution >= 0.6 is 10.5 Å². The van der Waals surface area contributed by atoms with E-state index in [0.717, 1.165) is 35.9 Å². The van der Waals surface area contributed by atoms with Gasteiger partial charge in [-0.1, -0.05) is 55.2 Å². The number of nitrogens with one attached hydrogen (secondary N) is 1. The molecule has 0 bridgehead atoms. The van der Waals surface area contributed by atoms with E-state index in [1.165, 1.54) is 0 Å². The number of fused-ring (bicyclic) bond motifs is 1. The number of aromatic nitrogens is 1. The van der Waals surface area contributed by atoms with Crippen molar-refractivity contribution in [3.8, 4) is 0 Å². The monoisotopic (exact) mass is 330 g/mol. The Morgan fingerprint density at radius 3 is 2.61 bits per heavy atom. The van der Waals surface area contributed by atoms with E-state index in [1.807, 2.05) is 12.1 Å². The van der Waals surface area contributed by atoms with Crippen LogP contribution in [0.5, 0.6) is 0 Å². The largest absolute Gasteiger partial charge is 0.347 e. The summed E-state index contributed by atoms with van der Waals surface area (Å²) in [6, 6.07) is 8.05. The fraction of sp³-hybridized carbons (Fsp3) is 0.389. The second-order valence-electron chi connectivity index (χ2n) is 6.02. The summed E-state index contributed by atoms with van der Waals surface area (Å²) in [6.45, 7) is 5.41. The fourth-order valence-corrected chi connectivity index (χ4v) is 4.50. The van der Waals surface area contributed by atoms with E-state index < -0.39 is 15.7 Å². The molecule has 2 amide bonds. The first-order valence-electron chi connectivity index (χ1n) is 8.02. The van der Waals surface area contributed by atoms with Crippen molar-refractivity contribution in [1.82, 2.24) is 9.88 Å². The van der Waals surface area contributed by atoms with Gasteiger partial charge in [0.1, 0.15) is 5.25 Å². The SMILES string of the molecule is C=S1C(=O)NC(=O)C1c1cccc2c1ccn2CC(CC)CC. The van der Waals surface area contributed by atoms with Crippen LogP contribution < -0.4 is 5.32 Å². The third kappa shape index (κ3) is 2.74. The molecule has 23 heavy (non-hydrogen) atoms. The maximum Gasteiger partial charge on any atom is 0.280 e. The summed E-state index contributed by atoms with van der Waals surface area (Å²) >= 11 is 0. The lowest BCUT2D eigenvalue weighted by molar-refractivity contribution is -0.119. The number of benzene rings is 1. The highest BCUT2D eigenvalue weighted by molar-refractivity contribution is 8.28. The lowest BCUT2D eigenvalue weighted by Crippen LogP contribution is -2.20.